The van der Waals surface area contributed by atoms with Crippen LogP contribution in [0.2, 0.25) is 0 Å². The summed E-state index contributed by atoms with van der Waals surface area (Å²) >= 11 is 1.25. The molecule has 0 N–H and O–H groups in total. The van der Waals surface area contributed by atoms with E-state index in [2.05, 4.69) is 0 Å². The molecule has 0 fully saturated rings. The number of ether oxygens (including phenoxy) is 1. The Hall–Kier alpha value is -1.81. The normalized spacial score (nSPS) is 10.4. The molecule has 0 heterocycles. The van der Waals surface area contributed by atoms with Crippen LogP contribution in [0.15, 0.2) is 53.4 Å². The van der Waals surface area contributed by atoms with Gasteiger partial charge in [0.1, 0.15) is 17.3 Å². The number of hydrogen-bond acceptors (Lipinski definition) is 3. The summed E-state index contributed by atoms with van der Waals surface area (Å²) in [6, 6.07) is 14.2. The Morgan fingerprint density at radius 1 is 1.14 bits per heavy atom. The van der Waals surface area contributed by atoms with Gasteiger partial charge in [-0.15, -0.1) is 11.8 Å². The minimum Gasteiger partial charge on any atom is -0.497 e. The van der Waals surface area contributed by atoms with Gasteiger partial charge < -0.3 is 4.74 Å². The highest BCUT2D eigenvalue weighted by Gasteiger charge is 2.07. The molecule has 0 saturated carbocycles. The summed E-state index contributed by atoms with van der Waals surface area (Å²) in [4.78, 5) is 12.4. The van der Waals surface area contributed by atoms with Gasteiger partial charge in [-0.05, 0) is 36.2 Å². The monoisotopic (exact) mass is 304 g/mol. The molecule has 2 aromatic rings. The lowest BCUT2D eigenvalue weighted by Gasteiger charge is -2.04. The van der Waals surface area contributed by atoms with Crippen molar-refractivity contribution in [2.24, 2.45) is 0 Å². The Bertz CT molecular complexity index is 596. The minimum atomic E-state index is -0.273. The van der Waals surface area contributed by atoms with Gasteiger partial charge in [0, 0.05) is 11.3 Å². The number of carbonyl (C=O) groups excluding carboxylic acids is 1. The van der Waals surface area contributed by atoms with Crippen molar-refractivity contribution in [2.45, 2.75) is 17.7 Å². The van der Waals surface area contributed by atoms with Gasteiger partial charge in [-0.3, -0.25) is 4.79 Å². The number of methoxy groups -OCH3 is 1. The third-order valence-corrected chi connectivity index (χ3v) is 4.19. The van der Waals surface area contributed by atoms with Crippen molar-refractivity contribution >= 4 is 17.5 Å². The van der Waals surface area contributed by atoms with Gasteiger partial charge in [0.25, 0.3) is 0 Å². The molecule has 0 atom stereocenters. The van der Waals surface area contributed by atoms with Crippen LogP contribution >= 0.6 is 11.8 Å². The van der Waals surface area contributed by atoms with Crippen LogP contribution in [0, 0.1) is 5.82 Å². The van der Waals surface area contributed by atoms with Crippen LogP contribution in [-0.2, 0) is 11.2 Å². The van der Waals surface area contributed by atoms with Crippen molar-refractivity contribution < 1.29 is 13.9 Å². The van der Waals surface area contributed by atoms with Crippen LogP contribution in [0.25, 0.3) is 0 Å². The largest absolute Gasteiger partial charge is 0.497 e. The van der Waals surface area contributed by atoms with Crippen molar-refractivity contribution in [2.75, 3.05) is 12.9 Å². The maximum absolute atomic E-state index is 13.4. The molecule has 110 valence electrons. The van der Waals surface area contributed by atoms with Crippen LogP contribution in [0.5, 0.6) is 5.75 Å². The van der Waals surface area contributed by atoms with Crippen molar-refractivity contribution in [3.05, 3.63) is 59.9 Å². The van der Waals surface area contributed by atoms with E-state index in [1.807, 2.05) is 24.3 Å². The van der Waals surface area contributed by atoms with E-state index in [9.17, 15) is 9.18 Å². The second kappa shape index (κ2) is 7.84. The fourth-order valence-corrected chi connectivity index (χ4v) is 2.71. The molecule has 0 amide bonds. The van der Waals surface area contributed by atoms with Crippen molar-refractivity contribution in [3.8, 4) is 5.75 Å². The summed E-state index contributed by atoms with van der Waals surface area (Å²) < 4.78 is 18.5. The Kier molecular flexibility index (Phi) is 5.81. The van der Waals surface area contributed by atoms with E-state index in [0.29, 0.717) is 23.5 Å². The number of thioether (sulfide) groups is 1. The maximum atomic E-state index is 13.4. The summed E-state index contributed by atoms with van der Waals surface area (Å²) in [6.07, 6.45) is 1.16. The van der Waals surface area contributed by atoms with E-state index in [1.165, 1.54) is 17.8 Å². The molecule has 2 nitrogen and oxygen atoms in total. The Balaban J connectivity index is 1.78. The summed E-state index contributed by atoms with van der Waals surface area (Å²) in [5.41, 5.74) is 1.10. The summed E-state index contributed by atoms with van der Waals surface area (Å²) in [7, 11) is 1.62. The smallest absolute Gasteiger partial charge is 0.143 e. The first-order chi connectivity index (χ1) is 10.2. The number of halogens is 1. The Labute approximate surface area is 128 Å². The van der Waals surface area contributed by atoms with E-state index in [-0.39, 0.29) is 11.6 Å². The second-order valence-corrected chi connectivity index (χ2v) is 5.62. The van der Waals surface area contributed by atoms with E-state index in [0.717, 1.165) is 11.3 Å². The first-order valence-electron chi connectivity index (χ1n) is 6.71. The number of carbonyl (C=O) groups is 1. The van der Waals surface area contributed by atoms with Crippen LogP contribution in [0.1, 0.15) is 12.0 Å². The number of hydrogen-bond donors (Lipinski definition) is 0. The number of ketones is 1. The summed E-state index contributed by atoms with van der Waals surface area (Å²) in [5.74, 6) is 0.960. The highest BCUT2D eigenvalue weighted by atomic mass is 32.2. The van der Waals surface area contributed by atoms with Gasteiger partial charge in [-0.25, -0.2) is 4.39 Å². The predicted octanol–water partition coefficient (Wildman–Crippen LogP) is 4.13. The van der Waals surface area contributed by atoms with Crippen molar-refractivity contribution in [1.29, 1.82) is 0 Å². The molecule has 2 rings (SSSR count). The van der Waals surface area contributed by atoms with Crippen LogP contribution in [0.3, 0.4) is 0 Å². The summed E-state index contributed by atoms with van der Waals surface area (Å²) in [5, 5.41) is 0. The SMILES string of the molecule is COc1ccc(CCC(=O)CSc2ccccc2F)cc1. The third kappa shape index (κ3) is 4.90. The molecular weight excluding hydrogens is 287 g/mol. The minimum absolute atomic E-state index is 0.124. The fraction of sp³-hybridized carbons (Fsp3) is 0.235. The second-order valence-electron chi connectivity index (χ2n) is 4.61. The Morgan fingerprint density at radius 3 is 2.52 bits per heavy atom. The lowest BCUT2D eigenvalue weighted by Crippen LogP contribution is -2.03. The lowest BCUT2D eigenvalue weighted by molar-refractivity contribution is -0.116. The molecule has 2 aromatic carbocycles. The van der Waals surface area contributed by atoms with Gasteiger partial charge in [0.2, 0.25) is 0 Å². The molecular formula is C17H17FO2S. The van der Waals surface area contributed by atoms with Gasteiger partial charge >= 0.3 is 0 Å². The topological polar surface area (TPSA) is 26.3 Å². The first kappa shape index (κ1) is 15.6. The number of aryl methyl sites for hydroxylation is 1. The van der Waals surface area contributed by atoms with Gasteiger partial charge in [-0.2, -0.15) is 0 Å². The highest BCUT2D eigenvalue weighted by Crippen LogP contribution is 2.21. The number of benzene rings is 2. The van der Waals surface area contributed by atoms with E-state index < -0.39 is 0 Å². The average molecular weight is 304 g/mol. The van der Waals surface area contributed by atoms with E-state index >= 15 is 0 Å². The van der Waals surface area contributed by atoms with Crippen molar-refractivity contribution in [1.82, 2.24) is 0 Å². The van der Waals surface area contributed by atoms with E-state index in [4.69, 9.17) is 4.74 Å². The van der Waals surface area contributed by atoms with Crippen LogP contribution < -0.4 is 4.74 Å². The molecule has 21 heavy (non-hydrogen) atoms. The highest BCUT2D eigenvalue weighted by molar-refractivity contribution is 8.00. The quantitative estimate of drug-likeness (QED) is 0.720. The molecule has 0 aliphatic carbocycles. The molecule has 0 bridgehead atoms. The molecule has 0 aliphatic rings. The summed E-state index contributed by atoms with van der Waals surface area (Å²) in [6.45, 7) is 0. The van der Waals surface area contributed by atoms with Gasteiger partial charge in [-0.1, -0.05) is 24.3 Å². The molecule has 0 radical (unpaired) electrons. The number of rotatable bonds is 7. The zero-order chi connectivity index (χ0) is 15.1. The average Bonchev–Trinajstić information content (AvgIpc) is 2.52. The molecule has 0 saturated heterocycles. The lowest BCUT2D eigenvalue weighted by atomic mass is 10.1. The fourth-order valence-electron chi connectivity index (χ4n) is 1.87. The van der Waals surface area contributed by atoms with Crippen LogP contribution in [0.4, 0.5) is 4.39 Å². The zero-order valence-electron chi connectivity index (χ0n) is 11.8. The Morgan fingerprint density at radius 2 is 1.86 bits per heavy atom. The van der Waals surface area contributed by atoms with Crippen molar-refractivity contribution in [3.63, 3.8) is 0 Å². The molecule has 0 spiro atoms. The van der Waals surface area contributed by atoms with Crippen LogP contribution in [-0.4, -0.2) is 18.6 Å². The standard InChI is InChI=1S/C17H17FO2S/c1-20-15-10-7-13(8-11-15)6-9-14(19)12-21-17-5-3-2-4-16(17)18/h2-5,7-8,10-11H,6,9,12H2,1H3. The van der Waals surface area contributed by atoms with E-state index in [1.54, 1.807) is 25.3 Å². The zero-order valence-corrected chi connectivity index (χ0v) is 12.7. The first-order valence-corrected chi connectivity index (χ1v) is 7.69. The third-order valence-electron chi connectivity index (χ3n) is 3.08. The number of Topliss-reactive ketones (excluding diaryl/α,β-unsaturated/α-hetero) is 1. The van der Waals surface area contributed by atoms with Gasteiger partial charge in [0.05, 0.1) is 12.9 Å². The molecule has 0 aliphatic heterocycles. The maximum Gasteiger partial charge on any atom is 0.143 e. The molecule has 4 heteroatoms. The molecule has 0 unspecified atom stereocenters. The molecule has 0 aromatic heterocycles. The van der Waals surface area contributed by atoms with Gasteiger partial charge in [0.15, 0.2) is 0 Å². The predicted molar refractivity (Wildman–Crippen MR) is 83.4 cm³/mol.